The Morgan fingerprint density at radius 2 is 2.18 bits per heavy atom. The van der Waals surface area contributed by atoms with E-state index in [2.05, 4.69) is 22.4 Å². The lowest BCUT2D eigenvalue weighted by Crippen LogP contribution is -2.30. The molecule has 1 aromatic rings. The SMILES string of the molecule is CC1CCn2c(CNCC(F)(F)F)nnc2C1. The first kappa shape index (κ1) is 12.3. The smallest absolute Gasteiger partial charge is 0.314 e. The summed E-state index contributed by atoms with van der Waals surface area (Å²) in [5, 5.41) is 10.3. The van der Waals surface area contributed by atoms with Crippen molar-refractivity contribution < 1.29 is 13.2 Å². The topological polar surface area (TPSA) is 42.7 Å². The average molecular weight is 248 g/mol. The van der Waals surface area contributed by atoms with Crippen LogP contribution in [-0.2, 0) is 19.5 Å². The molecule has 4 nitrogen and oxygen atoms in total. The lowest BCUT2D eigenvalue weighted by molar-refractivity contribution is -0.125. The Labute approximate surface area is 97.2 Å². The predicted molar refractivity (Wildman–Crippen MR) is 55.3 cm³/mol. The summed E-state index contributed by atoms with van der Waals surface area (Å²) < 4.78 is 37.8. The van der Waals surface area contributed by atoms with Gasteiger partial charge in [-0.05, 0) is 12.3 Å². The molecule has 0 saturated heterocycles. The van der Waals surface area contributed by atoms with Gasteiger partial charge in [0.25, 0.3) is 0 Å². The molecular formula is C10H15F3N4. The third-order valence-corrected chi connectivity index (χ3v) is 2.89. The standard InChI is InChI=1S/C10H15F3N4/c1-7-2-3-17-8(4-7)15-16-9(17)5-14-6-10(11,12)13/h7,14H,2-6H2,1H3. The number of alkyl halides is 3. The summed E-state index contributed by atoms with van der Waals surface area (Å²) in [5.41, 5.74) is 0. The molecule has 96 valence electrons. The van der Waals surface area contributed by atoms with E-state index in [9.17, 15) is 13.2 Å². The van der Waals surface area contributed by atoms with Gasteiger partial charge in [-0.2, -0.15) is 13.2 Å². The number of nitrogens with zero attached hydrogens (tertiary/aromatic N) is 3. The second-order valence-electron chi connectivity index (χ2n) is 4.50. The normalized spacial score (nSPS) is 20.4. The number of hydrogen-bond donors (Lipinski definition) is 1. The zero-order valence-electron chi connectivity index (χ0n) is 9.59. The first-order valence-corrected chi connectivity index (χ1v) is 5.64. The van der Waals surface area contributed by atoms with E-state index in [-0.39, 0.29) is 6.54 Å². The molecule has 0 saturated carbocycles. The Morgan fingerprint density at radius 3 is 2.88 bits per heavy atom. The van der Waals surface area contributed by atoms with Crippen LogP contribution in [0.15, 0.2) is 0 Å². The molecule has 1 unspecified atom stereocenters. The maximum Gasteiger partial charge on any atom is 0.401 e. The van der Waals surface area contributed by atoms with E-state index in [0.717, 1.165) is 25.2 Å². The van der Waals surface area contributed by atoms with E-state index in [0.29, 0.717) is 11.7 Å². The van der Waals surface area contributed by atoms with Crippen molar-refractivity contribution in [3.05, 3.63) is 11.6 Å². The highest BCUT2D eigenvalue weighted by Gasteiger charge is 2.27. The summed E-state index contributed by atoms with van der Waals surface area (Å²) in [4.78, 5) is 0. The Balaban J connectivity index is 1.94. The van der Waals surface area contributed by atoms with Gasteiger partial charge in [-0.15, -0.1) is 10.2 Å². The molecular weight excluding hydrogens is 233 g/mol. The Hall–Kier alpha value is -1.11. The quantitative estimate of drug-likeness (QED) is 0.881. The molecule has 0 aromatic carbocycles. The number of halogens is 3. The van der Waals surface area contributed by atoms with Crippen molar-refractivity contribution in [2.24, 2.45) is 5.92 Å². The average Bonchev–Trinajstić information content (AvgIpc) is 2.59. The molecule has 1 aromatic heterocycles. The highest BCUT2D eigenvalue weighted by atomic mass is 19.4. The van der Waals surface area contributed by atoms with Gasteiger partial charge in [-0.1, -0.05) is 6.92 Å². The minimum atomic E-state index is -4.18. The maximum atomic E-state index is 12.0. The molecule has 0 radical (unpaired) electrons. The van der Waals surface area contributed by atoms with E-state index >= 15 is 0 Å². The van der Waals surface area contributed by atoms with Crippen LogP contribution in [0.2, 0.25) is 0 Å². The number of aromatic nitrogens is 3. The molecule has 1 aliphatic rings. The van der Waals surface area contributed by atoms with Crippen LogP contribution in [0, 0.1) is 5.92 Å². The Kier molecular flexibility index (Phi) is 3.37. The first-order chi connectivity index (χ1) is 7.96. The summed E-state index contributed by atoms with van der Waals surface area (Å²) in [6.07, 6.45) is -2.30. The molecule has 1 N–H and O–H groups in total. The first-order valence-electron chi connectivity index (χ1n) is 5.64. The van der Waals surface area contributed by atoms with Crippen molar-refractivity contribution in [3.8, 4) is 0 Å². The molecule has 0 bridgehead atoms. The van der Waals surface area contributed by atoms with Crippen LogP contribution in [0.5, 0.6) is 0 Å². The molecule has 0 amide bonds. The minimum Gasteiger partial charge on any atom is -0.314 e. The van der Waals surface area contributed by atoms with Crippen LogP contribution in [0.3, 0.4) is 0 Å². The second kappa shape index (κ2) is 4.64. The van der Waals surface area contributed by atoms with Crippen LogP contribution in [-0.4, -0.2) is 27.5 Å². The highest BCUT2D eigenvalue weighted by molar-refractivity contribution is 4.99. The van der Waals surface area contributed by atoms with Crippen molar-refractivity contribution in [2.45, 2.75) is 39.0 Å². The van der Waals surface area contributed by atoms with Gasteiger partial charge in [0, 0.05) is 13.0 Å². The van der Waals surface area contributed by atoms with Crippen molar-refractivity contribution >= 4 is 0 Å². The number of rotatable bonds is 3. The van der Waals surface area contributed by atoms with Crippen LogP contribution >= 0.6 is 0 Å². The van der Waals surface area contributed by atoms with Crippen LogP contribution in [0.4, 0.5) is 13.2 Å². The molecule has 7 heteroatoms. The van der Waals surface area contributed by atoms with Gasteiger partial charge in [0.05, 0.1) is 13.1 Å². The summed E-state index contributed by atoms with van der Waals surface area (Å²) in [5.74, 6) is 2.05. The van der Waals surface area contributed by atoms with Crippen molar-refractivity contribution in [1.82, 2.24) is 20.1 Å². The molecule has 2 rings (SSSR count). The van der Waals surface area contributed by atoms with Gasteiger partial charge in [-0.3, -0.25) is 0 Å². The van der Waals surface area contributed by atoms with E-state index in [1.807, 2.05) is 4.57 Å². The fourth-order valence-corrected chi connectivity index (χ4v) is 1.99. The summed E-state index contributed by atoms with van der Waals surface area (Å²) in [7, 11) is 0. The van der Waals surface area contributed by atoms with Crippen LogP contribution in [0.1, 0.15) is 25.0 Å². The molecule has 0 fully saturated rings. The Morgan fingerprint density at radius 1 is 1.41 bits per heavy atom. The van der Waals surface area contributed by atoms with Gasteiger partial charge in [-0.25, -0.2) is 0 Å². The lowest BCUT2D eigenvalue weighted by Gasteiger charge is -2.20. The van der Waals surface area contributed by atoms with Gasteiger partial charge >= 0.3 is 6.18 Å². The van der Waals surface area contributed by atoms with Crippen molar-refractivity contribution in [1.29, 1.82) is 0 Å². The zero-order chi connectivity index (χ0) is 12.5. The largest absolute Gasteiger partial charge is 0.401 e. The predicted octanol–water partition coefficient (Wildman–Crippen LogP) is 1.51. The maximum absolute atomic E-state index is 12.0. The third-order valence-electron chi connectivity index (χ3n) is 2.89. The van der Waals surface area contributed by atoms with Crippen LogP contribution in [0.25, 0.3) is 0 Å². The van der Waals surface area contributed by atoms with Crippen LogP contribution < -0.4 is 5.32 Å². The summed E-state index contributed by atoms with van der Waals surface area (Å²) in [6, 6.07) is 0. The van der Waals surface area contributed by atoms with Crippen molar-refractivity contribution in [3.63, 3.8) is 0 Å². The van der Waals surface area contributed by atoms with Gasteiger partial charge in [0.2, 0.25) is 0 Å². The van der Waals surface area contributed by atoms with E-state index in [1.165, 1.54) is 0 Å². The number of hydrogen-bond acceptors (Lipinski definition) is 3. The van der Waals surface area contributed by atoms with Gasteiger partial charge in [0.15, 0.2) is 0 Å². The van der Waals surface area contributed by atoms with E-state index < -0.39 is 12.7 Å². The number of nitrogens with one attached hydrogen (secondary N) is 1. The fraction of sp³-hybridized carbons (Fsp3) is 0.800. The summed E-state index contributed by atoms with van der Waals surface area (Å²) in [6.45, 7) is 2.05. The monoisotopic (exact) mass is 248 g/mol. The van der Waals surface area contributed by atoms with Gasteiger partial charge < -0.3 is 9.88 Å². The van der Waals surface area contributed by atoms with Crippen molar-refractivity contribution in [2.75, 3.05) is 6.54 Å². The Bertz CT molecular complexity index is 385. The second-order valence-corrected chi connectivity index (χ2v) is 4.50. The molecule has 1 atom stereocenters. The highest BCUT2D eigenvalue weighted by Crippen LogP contribution is 2.19. The zero-order valence-corrected chi connectivity index (χ0v) is 9.59. The fourth-order valence-electron chi connectivity index (χ4n) is 1.99. The van der Waals surface area contributed by atoms with E-state index in [4.69, 9.17) is 0 Å². The van der Waals surface area contributed by atoms with Gasteiger partial charge in [0.1, 0.15) is 11.6 Å². The minimum absolute atomic E-state index is 0.112. The lowest BCUT2D eigenvalue weighted by atomic mass is 10.0. The molecule has 0 aliphatic carbocycles. The summed E-state index contributed by atoms with van der Waals surface area (Å²) >= 11 is 0. The molecule has 2 heterocycles. The molecule has 0 spiro atoms. The molecule has 17 heavy (non-hydrogen) atoms. The third kappa shape index (κ3) is 3.18. The molecule has 1 aliphatic heterocycles. The number of fused-ring (bicyclic) bond motifs is 1. The van der Waals surface area contributed by atoms with E-state index in [1.54, 1.807) is 0 Å².